The second-order valence-electron chi connectivity index (χ2n) is 6.44. The van der Waals surface area contributed by atoms with E-state index in [1.165, 1.54) is 4.57 Å². The first-order chi connectivity index (χ1) is 15.0. The van der Waals surface area contributed by atoms with E-state index in [9.17, 15) is 9.59 Å². The summed E-state index contributed by atoms with van der Waals surface area (Å²) in [5.41, 5.74) is 1.10. The van der Waals surface area contributed by atoms with E-state index in [-0.39, 0.29) is 17.2 Å². The van der Waals surface area contributed by atoms with Crippen molar-refractivity contribution in [2.45, 2.75) is 5.16 Å². The van der Waals surface area contributed by atoms with Gasteiger partial charge in [0.05, 0.1) is 43.1 Å². The molecule has 4 rings (SSSR count). The van der Waals surface area contributed by atoms with Crippen LogP contribution in [0.25, 0.3) is 16.6 Å². The van der Waals surface area contributed by atoms with Gasteiger partial charge in [-0.3, -0.25) is 14.2 Å². The lowest BCUT2D eigenvalue weighted by molar-refractivity contribution is -0.113. The molecule has 1 heterocycles. The fourth-order valence-electron chi connectivity index (χ4n) is 2.98. The van der Waals surface area contributed by atoms with Crippen LogP contribution in [0.15, 0.2) is 76.7 Å². The van der Waals surface area contributed by atoms with E-state index in [0.29, 0.717) is 42.5 Å². The van der Waals surface area contributed by atoms with E-state index in [0.717, 1.165) is 11.8 Å². The Morgan fingerprint density at radius 2 is 1.55 bits per heavy atom. The van der Waals surface area contributed by atoms with Gasteiger partial charge in [-0.1, -0.05) is 76.9 Å². The van der Waals surface area contributed by atoms with Gasteiger partial charge in [0.2, 0.25) is 5.91 Å². The smallest absolute Gasteiger partial charge is 0.266 e. The molecule has 0 saturated heterocycles. The maximum atomic E-state index is 13.2. The standard InChI is InChI=1S/C22H14Cl3N3O2S/c23-14-7-2-4-11-18(14)28-21(30)13-6-1-3-10-17(13)26-22(28)31-12-19(29)27-20-15(24)8-5-9-16(20)25/h1-11H,12H2,(H,27,29). The quantitative estimate of drug-likeness (QED) is 0.272. The second-order valence-corrected chi connectivity index (χ2v) is 8.60. The lowest BCUT2D eigenvalue weighted by Gasteiger charge is -2.14. The summed E-state index contributed by atoms with van der Waals surface area (Å²) in [5.74, 6) is -0.357. The van der Waals surface area contributed by atoms with E-state index in [2.05, 4.69) is 10.3 Å². The van der Waals surface area contributed by atoms with Crippen molar-refractivity contribution in [2.75, 3.05) is 11.1 Å². The minimum atomic E-state index is -0.340. The molecular formula is C22H14Cl3N3O2S. The zero-order chi connectivity index (χ0) is 22.0. The minimum absolute atomic E-state index is 0.0171. The van der Waals surface area contributed by atoms with Gasteiger partial charge in [-0.2, -0.15) is 0 Å². The van der Waals surface area contributed by atoms with Gasteiger partial charge >= 0.3 is 0 Å². The third kappa shape index (κ3) is 4.57. The van der Waals surface area contributed by atoms with Crippen molar-refractivity contribution in [3.63, 3.8) is 0 Å². The van der Waals surface area contributed by atoms with Gasteiger partial charge in [-0.25, -0.2) is 4.98 Å². The predicted molar refractivity (Wildman–Crippen MR) is 128 cm³/mol. The van der Waals surface area contributed by atoms with Gasteiger partial charge in [-0.05, 0) is 36.4 Å². The van der Waals surface area contributed by atoms with Crippen LogP contribution in [0.5, 0.6) is 0 Å². The summed E-state index contributed by atoms with van der Waals surface area (Å²) < 4.78 is 1.42. The highest BCUT2D eigenvalue weighted by atomic mass is 35.5. The lowest BCUT2D eigenvalue weighted by atomic mass is 10.2. The number of anilines is 1. The number of amides is 1. The molecule has 0 atom stereocenters. The van der Waals surface area contributed by atoms with Gasteiger partial charge < -0.3 is 5.32 Å². The Labute approximate surface area is 197 Å². The molecule has 1 N–H and O–H groups in total. The Bertz CT molecular complexity index is 1340. The molecule has 0 aliphatic heterocycles. The number of carbonyl (C=O) groups is 1. The molecule has 3 aromatic carbocycles. The Balaban J connectivity index is 1.70. The number of nitrogens with zero attached hydrogens (tertiary/aromatic N) is 2. The highest BCUT2D eigenvalue weighted by Crippen LogP contribution is 2.30. The van der Waals surface area contributed by atoms with Crippen LogP contribution in [0.4, 0.5) is 5.69 Å². The van der Waals surface area contributed by atoms with Gasteiger partial charge in [-0.15, -0.1) is 0 Å². The molecular weight excluding hydrogens is 477 g/mol. The SMILES string of the molecule is O=C(CSc1nc2ccccc2c(=O)n1-c1ccccc1Cl)Nc1c(Cl)cccc1Cl. The summed E-state index contributed by atoms with van der Waals surface area (Å²) in [6, 6.07) is 19.0. The molecule has 0 saturated carbocycles. The predicted octanol–water partition coefficient (Wildman–Crippen LogP) is 6.08. The molecule has 31 heavy (non-hydrogen) atoms. The van der Waals surface area contributed by atoms with Crippen LogP contribution >= 0.6 is 46.6 Å². The molecule has 9 heteroatoms. The van der Waals surface area contributed by atoms with Crippen molar-refractivity contribution in [3.05, 3.63) is 92.2 Å². The van der Waals surface area contributed by atoms with Gasteiger partial charge in [0.15, 0.2) is 5.16 Å². The number of halogens is 3. The maximum Gasteiger partial charge on any atom is 0.266 e. The third-order valence-corrected chi connectivity index (χ3v) is 6.29. The summed E-state index contributed by atoms with van der Waals surface area (Å²) in [6.07, 6.45) is 0. The van der Waals surface area contributed by atoms with Crippen molar-refractivity contribution in [1.82, 2.24) is 9.55 Å². The Kier molecular flexibility index (Phi) is 6.53. The average molecular weight is 491 g/mol. The molecule has 0 spiro atoms. The van der Waals surface area contributed by atoms with Crippen molar-refractivity contribution in [2.24, 2.45) is 0 Å². The number of rotatable bonds is 5. The molecule has 0 unspecified atom stereocenters. The highest BCUT2D eigenvalue weighted by molar-refractivity contribution is 7.99. The van der Waals surface area contributed by atoms with Gasteiger partial charge in [0.1, 0.15) is 0 Å². The summed E-state index contributed by atoms with van der Waals surface area (Å²) >= 11 is 19.7. The van der Waals surface area contributed by atoms with Crippen LogP contribution < -0.4 is 10.9 Å². The number of nitrogens with one attached hydrogen (secondary N) is 1. The molecule has 0 fully saturated rings. The van der Waals surface area contributed by atoms with Crippen LogP contribution in [-0.2, 0) is 4.79 Å². The molecule has 1 aromatic heterocycles. The Hall–Kier alpha value is -2.51. The number of fused-ring (bicyclic) bond motifs is 1. The Morgan fingerprint density at radius 3 is 2.29 bits per heavy atom. The monoisotopic (exact) mass is 489 g/mol. The van der Waals surface area contributed by atoms with E-state index < -0.39 is 0 Å². The van der Waals surface area contributed by atoms with E-state index in [1.807, 2.05) is 0 Å². The minimum Gasteiger partial charge on any atom is -0.323 e. The largest absolute Gasteiger partial charge is 0.323 e. The van der Waals surface area contributed by atoms with Crippen molar-refractivity contribution in [3.8, 4) is 5.69 Å². The summed E-state index contributed by atoms with van der Waals surface area (Å²) in [7, 11) is 0. The number of hydrogen-bond acceptors (Lipinski definition) is 4. The fourth-order valence-corrected chi connectivity index (χ4v) is 4.50. The van der Waals surface area contributed by atoms with Crippen LogP contribution in [-0.4, -0.2) is 21.2 Å². The topological polar surface area (TPSA) is 64.0 Å². The molecule has 0 radical (unpaired) electrons. The summed E-state index contributed by atoms with van der Waals surface area (Å²) in [4.78, 5) is 30.4. The lowest BCUT2D eigenvalue weighted by Crippen LogP contribution is -2.23. The Morgan fingerprint density at radius 1 is 0.903 bits per heavy atom. The number of carbonyl (C=O) groups excluding carboxylic acids is 1. The molecule has 0 aliphatic rings. The number of benzene rings is 3. The van der Waals surface area contributed by atoms with Crippen molar-refractivity contribution in [1.29, 1.82) is 0 Å². The molecule has 5 nitrogen and oxygen atoms in total. The van der Waals surface area contributed by atoms with Crippen LogP contribution in [0.1, 0.15) is 0 Å². The van der Waals surface area contributed by atoms with E-state index >= 15 is 0 Å². The third-order valence-electron chi connectivity index (χ3n) is 4.40. The number of para-hydroxylation sites is 3. The van der Waals surface area contributed by atoms with Crippen molar-refractivity contribution >= 4 is 69.1 Å². The normalized spacial score (nSPS) is 10.9. The average Bonchev–Trinajstić information content (AvgIpc) is 2.76. The van der Waals surface area contributed by atoms with E-state index in [4.69, 9.17) is 34.8 Å². The summed E-state index contributed by atoms with van der Waals surface area (Å²) in [6.45, 7) is 0. The van der Waals surface area contributed by atoms with Crippen molar-refractivity contribution < 1.29 is 4.79 Å². The van der Waals surface area contributed by atoms with Crippen LogP contribution in [0, 0.1) is 0 Å². The van der Waals surface area contributed by atoms with Crippen LogP contribution in [0.3, 0.4) is 0 Å². The highest BCUT2D eigenvalue weighted by Gasteiger charge is 2.17. The van der Waals surface area contributed by atoms with Crippen LogP contribution in [0.2, 0.25) is 15.1 Å². The summed E-state index contributed by atoms with van der Waals surface area (Å²) in [5, 5.41) is 4.58. The van der Waals surface area contributed by atoms with E-state index in [1.54, 1.807) is 66.7 Å². The zero-order valence-corrected chi connectivity index (χ0v) is 18.9. The molecule has 1 amide bonds. The molecule has 0 bridgehead atoms. The second kappa shape index (κ2) is 9.32. The first-order valence-electron chi connectivity index (χ1n) is 9.09. The van der Waals surface area contributed by atoms with Gasteiger partial charge in [0, 0.05) is 0 Å². The maximum absolute atomic E-state index is 13.2. The first kappa shape index (κ1) is 21.7. The fraction of sp³-hybridized carbons (Fsp3) is 0.0455. The number of aromatic nitrogens is 2. The number of hydrogen-bond donors (Lipinski definition) is 1. The molecule has 0 aliphatic carbocycles. The zero-order valence-electron chi connectivity index (χ0n) is 15.8. The molecule has 156 valence electrons. The molecule has 4 aromatic rings. The van der Waals surface area contributed by atoms with Gasteiger partial charge in [0.25, 0.3) is 5.56 Å². The first-order valence-corrected chi connectivity index (χ1v) is 11.2. The number of thioether (sulfide) groups is 1.